The van der Waals surface area contributed by atoms with E-state index < -0.39 is 0 Å². The van der Waals surface area contributed by atoms with Crippen LogP contribution < -0.4 is 10.1 Å². The minimum absolute atomic E-state index is 0.0168. The molecule has 0 saturated heterocycles. The Hall–Kier alpha value is -3.15. The second kappa shape index (κ2) is 8.03. The van der Waals surface area contributed by atoms with Gasteiger partial charge in [-0.3, -0.25) is 9.89 Å². The molecule has 6 heteroatoms. The number of rotatable bonds is 6. The molecular weight excluding hydrogens is 340 g/mol. The lowest BCUT2D eigenvalue weighted by Gasteiger charge is -2.21. The predicted octanol–water partition coefficient (Wildman–Crippen LogP) is 3.48. The third-order valence-electron chi connectivity index (χ3n) is 4.85. The zero-order chi connectivity index (χ0) is 18.5. The first-order chi connectivity index (χ1) is 13.3. The zero-order valence-electron chi connectivity index (χ0n) is 15.0. The zero-order valence-corrected chi connectivity index (χ0v) is 15.0. The number of carbonyl (C=O) groups is 1. The van der Waals surface area contributed by atoms with E-state index in [1.165, 1.54) is 5.56 Å². The molecule has 1 aromatic carbocycles. The van der Waals surface area contributed by atoms with Gasteiger partial charge in [0.05, 0.1) is 30.6 Å². The molecule has 1 atom stereocenters. The number of nitrogens with one attached hydrogen (secondary N) is 2. The summed E-state index contributed by atoms with van der Waals surface area (Å²) < 4.78 is 5.69. The summed E-state index contributed by atoms with van der Waals surface area (Å²) in [6.07, 6.45) is 7.01. The summed E-state index contributed by atoms with van der Waals surface area (Å²) in [6, 6.07) is 13.8. The molecule has 3 aromatic rings. The summed E-state index contributed by atoms with van der Waals surface area (Å²) in [6.45, 7) is 0.564. The van der Waals surface area contributed by atoms with E-state index in [1.807, 2.05) is 24.3 Å². The number of nitrogens with zero attached hydrogens (tertiary/aromatic N) is 2. The van der Waals surface area contributed by atoms with Crippen LogP contribution in [0.3, 0.4) is 0 Å². The Labute approximate surface area is 158 Å². The van der Waals surface area contributed by atoms with E-state index >= 15 is 0 Å². The molecule has 6 nitrogen and oxygen atoms in total. The number of fused-ring (bicyclic) bond motifs is 1. The van der Waals surface area contributed by atoms with Gasteiger partial charge in [0.15, 0.2) is 0 Å². The van der Waals surface area contributed by atoms with Crippen molar-refractivity contribution in [2.24, 2.45) is 0 Å². The van der Waals surface area contributed by atoms with Crippen LogP contribution in [-0.2, 0) is 17.6 Å². The van der Waals surface area contributed by atoms with E-state index in [2.05, 4.69) is 32.6 Å². The summed E-state index contributed by atoms with van der Waals surface area (Å²) in [5, 5.41) is 10.0. The molecule has 0 bridgehead atoms. The molecule has 2 aromatic heterocycles. The van der Waals surface area contributed by atoms with Gasteiger partial charge in [0.2, 0.25) is 11.8 Å². The van der Waals surface area contributed by atoms with E-state index in [0.29, 0.717) is 18.2 Å². The first kappa shape index (κ1) is 17.3. The first-order valence-electron chi connectivity index (χ1n) is 9.25. The van der Waals surface area contributed by atoms with Gasteiger partial charge in [-0.15, -0.1) is 0 Å². The average molecular weight is 362 g/mol. The van der Waals surface area contributed by atoms with Gasteiger partial charge in [0.1, 0.15) is 0 Å². The minimum atomic E-state index is -0.158. The van der Waals surface area contributed by atoms with E-state index in [1.54, 1.807) is 18.5 Å². The summed E-state index contributed by atoms with van der Waals surface area (Å²) in [7, 11) is 0. The number of aromatic nitrogens is 3. The van der Waals surface area contributed by atoms with Crippen molar-refractivity contribution in [2.75, 3.05) is 11.9 Å². The van der Waals surface area contributed by atoms with Gasteiger partial charge in [0, 0.05) is 23.7 Å². The lowest BCUT2D eigenvalue weighted by molar-refractivity contribution is -0.117. The molecule has 1 aliphatic rings. The molecular formula is C21H22N4O2. The fourth-order valence-electron chi connectivity index (χ4n) is 3.42. The van der Waals surface area contributed by atoms with E-state index in [0.717, 1.165) is 36.9 Å². The Bertz CT molecular complexity index is 890. The van der Waals surface area contributed by atoms with Crippen LogP contribution in [0.1, 0.15) is 35.6 Å². The van der Waals surface area contributed by atoms with Crippen molar-refractivity contribution in [2.45, 2.75) is 31.6 Å². The SMILES string of the molecule is O=C(Nc1ccc(OCCc2ccccc2)nc1)C1CCCc2[nH]ncc21. The number of carbonyl (C=O) groups excluding carboxylic acids is 1. The molecule has 138 valence electrons. The number of ether oxygens (including phenoxy) is 1. The Balaban J connectivity index is 1.31. The van der Waals surface area contributed by atoms with Crippen molar-refractivity contribution >= 4 is 11.6 Å². The topological polar surface area (TPSA) is 79.9 Å². The molecule has 27 heavy (non-hydrogen) atoms. The van der Waals surface area contributed by atoms with E-state index in [-0.39, 0.29) is 11.8 Å². The molecule has 0 spiro atoms. The smallest absolute Gasteiger partial charge is 0.232 e. The number of aromatic amines is 1. The summed E-state index contributed by atoms with van der Waals surface area (Å²) in [5.74, 6) is 0.380. The second-order valence-corrected chi connectivity index (χ2v) is 6.71. The third-order valence-corrected chi connectivity index (χ3v) is 4.85. The Morgan fingerprint density at radius 3 is 2.89 bits per heavy atom. The third kappa shape index (κ3) is 4.16. The van der Waals surface area contributed by atoms with Gasteiger partial charge in [-0.2, -0.15) is 5.10 Å². The quantitative estimate of drug-likeness (QED) is 0.703. The highest BCUT2D eigenvalue weighted by molar-refractivity contribution is 5.96. The number of aryl methyl sites for hydroxylation is 1. The van der Waals surface area contributed by atoms with Gasteiger partial charge in [-0.25, -0.2) is 4.98 Å². The lowest BCUT2D eigenvalue weighted by Crippen LogP contribution is -2.24. The average Bonchev–Trinajstić information content (AvgIpc) is 3.19. The minimum Gasteiger partial charge on any atom is -0.477 e. The highest BCUT2D eigenvalue weighted by Crippen LogP contribution is 2.31. The van der Waals surface area contributed by atoms with Crippen molar-refractivity contribution in [1.29, 1.82) is 0 Å². The maximum atomic E-state index is 12.6. The first-order valence-corrected chi connectivity index (χ1v) is 9.25. The molecule has 2 heterocycles. The standard InChI is InChI=1S/C21H22N4O2/c26-21(17-7-4-8-19-18(17)14-23-25-19)24-16-9-10-20(22-13-16)27-12-11-15-5-2-1-3-6-15/h1-3,5-6,9-10,13-14,17H,4,7-8,11-12H2,(H,23,25)(H,24,26). The van der Waals surface area contributed by atoms with Gasteiger partial charge in [0.25, 0.3) is 0 Å². The molecule has 0 aliphatic heterocycles. The highest BCUT2D eigenvalue weighted by Gasteiger charge is 2.27. The van der Waals surface area contributed by atoms with Crippen molar-refractivity contribution in [1.82, 2.24) is 15.2 Å². The Kier molecular flexibility index (Phi) is 5.14. The van der Waals surface area contributed by atoms with Crippen LogP contribution in [0.2, 0.25) is 0 Å². The maximum absolute atomic E-state index is 12.6. The monoisotopic (exact) mass is 362 g/mol. The number of pyridine rings is 1. The van der Waals surface area contributed by atoms with Crippen LogP contribution in [0.25, 0.3) is 0 Å². The van der Waals surface area contributed by atoms with E-state index in [4.69, 9.17) is 4.74 Å². The number of hydrogen-bond acceptors (Lipinski definition) is 4. The van der Waals surface area contributed by atoms with Gasteiger partial charge in [-0.1, -0.05) is 30.3 Å². The van der Waals surface area contributed by atoms with Crippen molar-refractivity contribution in [3.8, 4) is 5.88 Å². The molecule has 4 rings (SSSR count). The second-order valence-electron chi connectivity index (χ2n) is 6.71. The normalized spacial score (nSPS) is 15.8. The molecule has 2 N–H and O–H groups in total. The van der Waals surface area contributed by atoms with Crippen LogP contribution >= 0.6 is 0 Å². The van der Waals surface area contributed by atoms with Gasteiger partial charge >= 0.3 is 0 Å². The summed E-state index contributed by atoms with van der Waals surface area (Å²) in [5.41, 5.74) is 3.98. The number of benzene rings is 1. The molecule has 1 amide bonds. The Morgan fingerprint density at radius 2 is 2.07 bits per heavy atom. The predicted molar refractivity (Wildman–Crippen MR) is 103 cm³/mol. The number of anilines is 1. The molecule has 1 unspecified atom stereocenters. The van der Waals surface area contributed by atoms with Gasteiger partial charge < -0.3 is 10.1 Å². The fraction of sp³-hybridized carbons (Fsp3) is 0.286. The maximum Gasteiger partial charge on any atom is 0.232 e. The van der Waals surface area contributed by atoms with Crippen molar-refractivity contribution in [3.05, 3.63) is 71.7 Å². The van der Waals surface area contributed by atoms with Crippen molar-refractivity contribution in [3.63, 3.8) is 0 Å². The van der Waals surface area contributed by atoms with E-state index in [9.17, 15) is 4.79 Å². The largest absolute Gasteiger partial charge is 0.477 e. The number of hydrogen-bond donors (Lipinski definition) is 2. The van der Waals surface area contributed by atoms with Crippen LogP contribution in [0, 0.1) is 0 Å². The highest BCUT2D eigenvalue weighted by atomic mass is 16.5. The van der Waals surface area contributed by atoms with Crippen LogP contribution in [-0.4, -0.2) is 27.7 Å². The van der Waals surface area contributed by atoms with Crippen LogP contribution in [0.15, 0.2) is 54.9 Å². The molecule has 1 aliphatic carbocycles. The molecule has 0 radical (unpaired) electrons. The fourth-order valence-corrected chi connectivity index (χ4v) is 3.42. The van der Waals surface area contributed by atoms with Gasteiger partial charge in [-0.05, 0) is 30.9 Å². The Morgan fingerprint density at radius 1 is 1.19 bits per heavy atom. The van der Waals surface area contributed by atoms with Crippen molar-refractivity contribution < 1.29 is 9.53 Å². The summed E-state index contributed by atoms with van der Waals surface area (Å²) in [4.78, 5) is 16.9. The number of H-pyrrole nitrogens is 1. The molecule has 0 saturated carbocycles. The lowest BCUT2D eigenvalue weighted by atomic mass is 9.86. The van der Waals surface area contributed by atoms with Crippen LogP contribution in [0.4, 0.5) is 5.69 Å². The van der Waals surface area contributed by atoms with Crippen LogP contribution in [0.5, 0.6) is 5.88 Å². The molecule has 0 fully saturated rings. The number of amides is 1. The summed E-state index contributed by atoms with van der Waals surface area (Å²) >= 11 is 0.